The molecule has 204 valence electrons. The van der Waals surface area contributed by atoms with Gasteiger partial charge < -0.3 is 20.0 Å². The van der Waals surface area contributed by atoms with Crippen molar-refractivity contribution in [3.63, 3.8) is 0 Å². The van der Waals surface area contributed by atoms with Gasteiger partial charge in [0, 0.05) is 23.7 Å². The molecule has 0 spiro atoms. The molecule has 0 bridgehead atoms. The number of halogens is 7. The van der Waals surface area contributed by atoms with E-state index >= 15 is 0 Å². The van der Waals surface area contributed by atoms with Crippen LogP contribution in [0.1, 0.15) is 25.3 Å². The highest BCUT2D eigenvalue weighted by Crippen LogP contribution is 2.55. The summed E-state index contributed by atoms with van der Waals surface area (Å²) < 4.78 is 129. The highest BCUT2D eigenvalue weighted by atomic mass is 32.2. The maximum absolute atomic E-state index is 14.4. The van der Waals surface area contributed by atoms with E-state index in [0.717, 1.165) is 19.2 Å². The lowest BCUT2D eigenvalue weighted by Crippen LogP contribution is -2.47. The van der Waals surface area contributed by atoms with Crippen LogP contribution < -0.4 is 14.8 Å². The van der Waals surface area contributed by atoms with E-state index in [9.17, 15) is 49.2 Å². The van der Waals surface area contributed by atoms with Crippen molar-refractivity contribution < 1.29 is 58.1 Å². The first-order valence-electron chi connectivity index (χ1n) is 10.3. The molecule has 0 unspecified atom stereocenters. The molecule has 0 saturated carbocycles. The molecule has 4 atom stereocenters. The second kappa shape index (κ2) is 9.63. The van der Waals surface area contributed by atoms with Crippen molar-refractivity contribution >= 4 is 21.4 Å². The Kier molecular flexibility index (Phi) is 7.40. The summed E-state index contributed by atoms with van der Waals surface area (Å²) in [5, 5.41) is 13.9. The van der Waals surface area contributed by atoms with E-state index in [4.69, 9.17) is 4.74 Å². The molecule has 1 aromatic heterocycles. The first-order chi connectivity index (χ1) is 16.9. The first-order valence-corrected chi connectivity index (χ1v) is 12.2. The van der Waals surface area contributed by atoms with Crippen molar-refractivity contribution in [3.05, 3.63) is 53.0 Å². The molecular weight excluding hydrogens is 541 g/mol. The Morgan fingerprint density at radius 3 is 2.41 bits per heavy atom. The number of nitrogens with one attached hydrogen (secondary N) is 1. The van der Waals surface area contributed by atoms with Crippen LogP contribution in [0.2, 0.25) is 0 Å². The van der Waals surface area contributed by atoms with Crippen LogP contribution in [0.25, 0.3) is 0 Å². The van der Waals surface area contributed by atoms with Gasteiger partial charge in [0.15, 0.2) is 33.2 Å². The van der Waals surface area contributed by atoms with Gasteiger partial charge in [0.2, 0.25) is 12.0 Å². The van der Waals surface area contributed by atoms with Crippen LogP contribution >= 0.6 is 0 Å². The van der Waals surface area contributed by atoms with E-state index in [1.54, 1.807) is 0 Å². The van der Waals surface area contributed by atoms with Crippen LogP contribution in [-0.4, -0.2) is 45.1 Å². The van der Waals surface area contributed by atoms with Gasteiger partial charge in [0.05, 0.1) is 0 Å². The van der Waals surface area contributed by atoms with E-state index in [1.807, 2.05) is 0 Å². The van der Waals surface area contributed by atoms with E-state index in [0.29, 0.717) is 31.5 Å². The van der Waals surface area contributed by atoms with Crippen LogP contribution in [0.3, 0.4) is 0 Å². The number of carbonyl (C=O) groups excluding carboxylic acids is 1. The Bertz CT molecular complexity index is 1320. The monoisotopic (exact) mass is 560 g/mol. The van der Waals surface area contributed by atoms with E-state index < -0.39 is 85.6 Å². The van der Waals surface area contributed by atoms with Gasteiger partial charge in [-0.1, -0.05) is 13.0 Å². The summed E-state index contributed by atoms with van der Waals surface area (Å²) in [6.07, 6.45) is -5.15. The average molecular weight is 560 g/mol. The van der Waals surface area contributed by atoms with Crippen molar-refractivity contribution in [2.75, 3.05) is 11.6 Å². The van der Waals surface area contributed by atoms with Gasteiger partial charge in [-0.15, -0.1) is 0 Å². The number of alkyl halides is 5. The Labute approximate surface area is 205 Å². The summed E-state index contributed by atoms with van der Waals surface area (Å²) in [6, 6.07) is 2.00. The van der Waals surface area contributed by atoms with Gasteiger partial charge in [0.25, 0.3) is 5.91 Å². The minimum Gasteiger partial charge on any atom is -0.619 e. The molecule has 2 heterocycles. The molecular formula is C21H19F7N2O6S. The first kappa shape index (κ1) is 28.4. The fourth-order valence-corrected chi connectivity index (χ4v) is 4.69. The van der Waals surface area contributed by atoms with E-state index in [2.05, 4.69) is 10.1 Å². The highest BCUT2D eigenvalue weighted by Gasteiger charge is 2.66. The quantitative estimate of drug-likeness (QED) is 0.328. The van der Waals surface area contributed by atoms with E-state index in [-0.39, 0.29) is 4.73 Å². The topological polar surface area (TPSA) is 109 Å². The zero-order valence-corrected chi connectivity index (χ0v) is 20.0. The number of hydrogen-bond acceptors (Lipinski definition) is 6. The molecule has 2 aromatic rings. The number of hydrogen-bond donors (Lipinski definition) is 1. The fourth-order valence-electron chi connectivity index (χ4n) is 4.05. The number of benzene rings is 1. The number of pyridine rings is 1. The smallest absolute Gasteiger partial charge is 0.417 e. The van der Waals surface area contributed by atoms with Crippen LogP contribution in [0, 0.1) is 22.8 Å². The van der Waals surface area contributed by atoms with E-state index in [1.165, 1.54) is 0 Å². The van der Waals surface area contributed by atoms with Crippen LogP contribution in [0.5, 0.6) is 5.75 Å². The Hall–Kier alpha value is -3.14. The minimum absolute atomic E-state index is 0.0192. The summed E-state index contributed by atoms with van der Waals surface area (Å²) in [7, 11) is -3.95. The van der Waals surface area contributed by atoms with Gasteiger partial charge in [-0.2, -0.15) is 31.1 Å². The summed E-state index contributed by atoms with van der Waals surface area (Å²) in [5.41, 5.74) is -4.23. The Balaban J connectivity index is 2.13. The summed E-state index contributed by atoms with van der Waals surface area (Å²) in [6.45, 7) is -2.14. The molecule has 1 saturated heterocycles. The predicted octanol–water partition coefficient (Wildman–Crippen LogP) is 3.68. The molecule has 0 aliphatic carbocycles. The molecule has 37 heavy (non-hydrogen) atoms. The normalized spacial score (nSPS) is 24.4. The van der Waals surface area contributed by atoms with Crippen LogP contribution in [0.15, 0.2) is 35.5 Å². The molecule has 1 aromatic carbocycles. The maximum atomic E-state index is 14.4. The van der Waals surface area contributed by atoms with Crippen molar-refractivity contribution in [1.29, 1.82) is 0 Å². The zero-order valence-electron chi connectivity index (χ0n) is 19.1. The highest BCUT2D eigenvalue weighted by molar-refractivity contribution is 7.90. The van der Waals surface area contributed by atoms with Gasteiger partial charge in [-0.3, -0.25) is 4.79 Å². The number of anilines is 1. The number of rotatable bonds is 6. The third-order valence-electron chi connectivity index (χ3n) is 6.09. The average Bonchev–Trinajstić information content (AvgIpc) is 3.02. The predicted molar refractivity (Wildman–Crippen MR) is 111 cm³/mol. The largest absolute Gasteiger partial charge is 0.619 e. The lowest BCUT2D eigenvalue weighted by atomic mass is 9.77. The lowest BCUT2D eigenvalue weighted by molar-refractivity contribution is -0.606. The number of ether oxygens (including phenoxy) is 2. The third-order valence-corrected chi connectivity index (χ3v) is 7.17. The molecule has 0 radical (unpaired) electrons. The molecule has 3 rings (SSSR count). The SMILES string of the molecule is C[C@@H]1[C@H](c2ccc(F)c(F)c2OC(F)F)[C@@H](C(=O)Nc2cc(S(C)(=O)=O)c[n+]([O-])c2)O[C@]1(C)C(F)(F)F. The van der Waals surface area contributed by atoms with Crippen LogP contribution in [-0.2, 0) is 19.4 Å². The number of carbonyl (C=O) groups is 1. The van der Waals surface area contributed by atoms with Crippen LogP contribution in [0.4, 0.5) is 36.4 Å². The third kappa shape index (κ3) is 5.44. The fraction of sp³-hybridized carbons (Fsp3) is 0.429. The van der Waals surface area contributed by atoms with Crippen molar-refractivity contribution in [2.24, 2.45) is 5.92 Å². The minimum atomic E-state index is -5.11. The standard InChI is InChI=1S/C21H19F7N2O6S/c1-9-14(12-4-5-13(22)15(23)16(12)35-19(24)25)17(36-20(9,2)21(26,27)28)18(31)29-10-6-11(37(3,33)34)8-30(32)7-10/h4-9,14,17,19H,1-3H3,(H,29,31)/t9-,14-,17+,20+/m1/s1. The molecule has 1 aliphatic rings. The van der Waals surface area contributed by atoms with Gasteiger partial charge in [-0.05, 0) is 19.1 Å². The second-order valence-electron chi connectivity index (χ2n) is 8.50. The van der Waals surface area contributed by atoms with Crippen molar-refractivity contribution in [3.8, 4) is 5.75 Å². The summed E-state index contributed by atoms with van der Waals surface area (Å²) in [4.78, 5) is 12.6. The van der Waals surface area contributed by atoms with Crippen molar-refractivity contribution in [1.82, 2.24) is 0 Å². The maximum Gasteiger partial charge on any atom is 0.417 e. The molecule has 8 nitrogen and oxygen atoms in total. The molecule has 1 aliphatic heterocycles. The molecule has 1 fully saturated rings. The number of nitrogens with zero attached hydrogens (tertiary/aromatic N) is 1. The zero-order chi connectivity index (χ0) is 28.1. The second-order valence-corrected chi connectivity index (χ2v) is 10.5. The summed E-state index contributed by atoms with van der Waals surface area (Å²) >= 11 is 0. The van der Waals surface area contributed by atoms with Gasteiger partial charge >= 0.3 is 12.8 Å². The Morgan fingerprint density at radius 1 is 1.24 bits per heavy atom. The van der Waals surface area contributed by atoms with Gasteiger partial charge in [-0.25, -0.2) is 12.8 Å². The lowest BCUT2D eigenvalue weighted by Gasteiger charge is -2.32. The Morgan fingerprint density at radius 2 is 1.86 bits per heavy atom. The molecule has 16 heteroatoms. The van der Waals surface area contributed by atoms with Gasteiger partial charge in [0.1, 0.15) is 16.7 Å². The summed E-state index contributed by atoms with van der Waals surface area (Å²) in [5.74, 6) is -9.87. The number of amides is 1. The molecule has 1 amide bonds. The molecule has 1 N–H and O–H groups in total. The number of aromatic nitrogens is 1. The van der Waals surface area contributed by atoms with Crippen molar-refractivity contribution in [2.45, 2.75) is 49.2 Å². The number of sulfone groups is 1.